The number of nitrogens with one attached hydrogen (secondary N) is 2. The third kappa shape index (κ3) is 3.54. The van der Waals surface area contributed by atoms with E-state index in [4.69, 9.17) is 14.7 Å². The number of rotatable bonds is 4. The number of nitrogens with zero attached hydrogens (tertiary/aromatic N) is 4. The highest BCUT2D eigenvalue weighted by Gasteiger charge is 2.33. The number of hydrogen-bond donors (Lipinski definition) is 2. The van der Waals surface area contributed by atoms with Gasteiger partial charge in [-0.25, -0.2) is 18.7 Å². The molecule has 5 heterocycles. The van der Waals surface area contributed by atoms with Crippen LogP contribution < -0.4 is 15.5 Å². The van der Waals surface area contributed by atoms with Crippen LogP contribution in [-0.2, 0) is 4.74 Å². The number of benzene rings is 1. The lowest BCUT2D eigenvalue weighted by Gasteiger charge is -2.38. The first kappa shape index (κ1) is 21.5. The molecule has 0 amide bonds. The summed E-state index contributed by atoms with van der Waals surface area (Å²) < 4.78 is 35.6. The average Bonchev–Trinajstić information content (AvgIpc) is 3.14. The molecule has 9 heteroatoms. The number of ether oxygens (including phenoxy) is 1. The van der Waals surface area contributed by atoms with Gasteiger partial charge in [0.15, 0.2) is 23.1 Å². The van der Waals surface area contributed by atoms with E-state index in [2.05, 4.69) is 36.3 Å². The van der Waals surface area contributed by atoms with Crippen molar-refractivity contribution in [2.45, 2.75) is 32.9 Å². The van der Waals surface area contributed by atoms with E-state index in [-0.39, 0.29) is 5.41 Å². The molecule has 4 aromatic rings. The molecule has 0 spiro atoms. The molecule has 1 aromatic carbocycles. The monoisotopic (exact) mass is 466 g/mol. The molecule has 34 heavy (non-hydrogen) atoms. The molecule has 7 nitrogen and oxygen atoms in total. The summed E-state index contributed by atoms with van der Waals surface area (Å²) >= 11 is 0. The largest absolute Gasteiger partial charge is 0.380 e. The standard InChI is InChI=1S/C25H28F2N6O/c1-14-9-32(10-15(2)29-14)22-5-4-19-24(31-22)33-20-8-18(27)17(26)6-16(20)7-21(33)23(30-19)28-11-25(3)12-34-13-25/h4-8,14-15,29H,9-13H2,1-3H3,(H,28,30)/t14-,15+. The molecule has 0 saturated carbocycles. The zero-order valence-electron chi connectivity index (χ0n) is 19.5. The van der Waals surface area contributed by atoms with Crippen LogP contribution in [0.3, 0.4) is 0 Å². The van der Waals surface area contributed by atoms with Gasteiger partial charge in [-0.1, -0.05) is 6.92 Å². The summed E-state index contributed by atoms with van der Waals surface area (Å²) in [5.41, 5.74) is 2.65. The van der Waals surface area contributed by atoms with Gasteiger partial charge in [0.25, 0.3) is 0 Å². The number of halogens is 2. The molecule has 2 aliphatic rings. The minimum Gasteiger partial charge on any atom is -0.380 e. The van der Waals surface area contributed by atoms with E-state index >= 15 is 0 Å². The second-order valence-electron chi connectivity index (χ2n) is 10.2. The number of hydrogen-bond acceptors (Lipinski definition) is 6. The maximum Gasteiger partial charge on any atom is 0.166 e. The summed E-state index contributed by atoms with van der Waals surface area (Å²) in [6, 6.07) is 8.95. The van der Waals surface area contributed by atoms with Crippen molar-refractivity contribution in [2.24, 2.45) is 5.41 Å². The number of aromatic nitrogens is 3. The lowest BCUT2D eigenvalue weighted by molar-refractivity contribution is -0.0924. The Morgan fingerprint density at radius 3 is 2.50 bits per heavy atom. The molecule has 0 radical (unpaired) electrons. The fraction of sp³-hybridized carbons (Fsp3) is 0.440. The molecule has 178 valence electrons. The van der Waals surface area contributed by atoms with Crippen LogP contribution in [0.15, 0.2) is 30.3 Å². The molecule has 2 aliphatic heterocycles. The Labute approximate surface area is 196 Å². The van der Waals surface area contributed by atoms with E-state index in [1.54, 1.807) is 0 Å². The molecule has 2 atom stereocenters. The summed E-state index contributed by atoms with van der Waals surface area (Å²) in [6.45, 7) is 10.2. The van der Waals surface area contributed by atoms with E-state index < -0.39 is 11.6 Å². The SMILES string of the molecule is C[C@@H]1CN(c2ccc3nc(NCC4(C)COC4)c4cc5cc(F)c(F)cc5n4c3n2)C[C@H](C)N1. The van der Waals surface area contributed by atoms with E-state index in [0.717, 1.165) is 24.4 Å². The molecule has 2 fully saturated rings. The Kier molecular flexibility index (Phi) is 4.90. The molecule has 6 rings (SSSR count). The van der Waals surface area contributed by atoms with Gasteiger partial charge in [-0.05, 0) is 38.1 Å². The highest BCUT2D eigenvalue weighted by Crippen LogP contribution is 2.33. The van der Waals surface area contributed by atoms with Gasteiger partial charge in [-0.3, -0.25) is 4.40 Å². The minimum absolute atomic E-state index is 0.0374. The summed E-state index contributed by atoms with van der Waals surface area (Å²) in [5.74, 6) is -0.240. The summed E-state index contributed by atoms with van der Waals surface area (Å²) in [5, 5.41) is 7.60. The predicted molar refractivity (Wildman–Crippen MR) is 130 cm³/mol. The van der Waals surface area contributed by atoms with Crippen LogP contribution in [0.2, 0.25) is 0 Å². The van der Waals surface area contributed by atoms with Gasteiger partial charge in [0, 0.05) is 48.6 Å². The van der Waals surface area contributed by atoms with Gasteiger partial charge in [0.1, 0.15) is 11.3 Å². The van der Waals surface area contributed by atoms with Crippen molar-refractivity contribution in [1.29, 1.82) is 0 Å². The zero-order valence-corrected chi connectivity index (χ0v) is 19.5. The molecule has 3 aromatic heterocycles. The van der Waals surface area contributed by atoms with Crippen LogP contribution in [0, 0.1) is 17.0 Å². The first-order chi connectivity index (χ1) is 16.3. The Morgan fingerprint density at radius 2 is 1.79 bits per heavy atom. The summed E-state index contributed by atoms with van der Waals surface area (Å²) in [4.78, 5) is 12.1. The van der Waals surface area contributed by atoms with Crippen LogP contribution in [-0.4, -0.2) is 59.3 Å². The summed E-state index contributed by atoms with van der Waals surface area (Å²) in [6.07, 6.45) is 0. The van der Waals surface area contributed by atoms with Crippen molar-refractivity contribution < 1.29 is 13.5 Å². The Hall–Kier alpha value is -3.04. The second kappa shape index (κ2) is 7.74. The van der Waals surface area contributed by atoms with Crippen molar-refractivity contribution in [1.82, 2.24) is 19.7 Å². The van der Waals surface area contributed by atoms with Crippen molar-refractivity contribution in [3.63, 3.8) is 0 Å². The molecule has 0 unspecified atom stereocenters. The third-order valence-electron chi connectivity index (χ3n) is 6.84. The van der Waals surface area contributed by atoms with Crippen LogP contribution >= 0.6 is 0 Å². The number of fused-ring (bicyclic) bond motifs is 5. The van der Waals surface area contributed by atoms with Crippen LogP contribution in [0.4, 0.5) is 20.4 Å². The first-order valence-electron chi connectivity index (χ1n) is 11.7. The van der Waals surface area contributed by atoms with Crippen LogP contribution in [0.1, 0.15) is 20.8 Å². The Balaban J connectivity index is 1.54. The van der Waals surface area contributed by atoms with E-state index in [0.29, 0.717) is 59.7 Å². The highest BCUT2D eigenvalue weighted by atomic mass is 19.2. The topological polar surface area (TPSA) is 66.7 Å². The molecule has 2 N–H and O–H groups in total. The Morgan fingerprint density at radius 1 is 1.06 bits per heavy atom. The predicted octanol–water partition coefficient (Wildman–Crippen LogP) is 3.95. The lowest BCUT2D eigenvalue weighted by Crippen LogP contribution is -2.54. The fourth-order valence-electron chi connectivity index (χ4n) is 5.14. The number of piperazine rings is 1. The van der Waals surface area contributed by atoms with Gasteiger partial charge in [-0.2, -0.15) is 0 Å². The van der Waals surface area contributed by atoms with Crippen LogP contribution in [0.5, 0.6) is 0 Å². The fourth-order valence-corrected chi connectivity index (χ4v) is 5.14. The second-order valence-corrected chi connectivity index (χ2v) is 10.2. The molecular weight excluding hydrogens is 438 g/mol. The van der Waals surface area contributed by atoms with Gasteiger partial charge < -0.3 is 20.3 Å². The van der Waals surface area contributed by atoms with E-state index in [1.165, 1.54) is 12.1 Å². The van der Waals surface area contributed by atoms with Crippen LogP contribution in [0.25, 0.3) is 27.6 Å². The highest BCUT2D eigenvalue weighted by molar-refractivity contribution is 5.96. The Bertz CT molecular complexity index is 1410. The number of pyridine rings is 1. The zero-order chi connectivity index (χ0) is 23.6. The van der Waals surface area contributed by atoms with E-state index in [1.807, 2.05) is 22.6 Å². The van der Waals surface area contributed by atoms with Crippen molar-refractivity contribution in [3.8, 4) is 0 Å². The quantitative estimate of drug-likeness (QED) is 0.475. The summed E-state index contributed by atoms with van der Waals surface area (Å²) in [7, 11) is 0. The molecule has 0 aliphatic carbocycles. The smallest absolute Gasteiger partial charge is 0.166 e. The maximum absolute atomic E-state index is 14.3. The van der Waals surface area contributed by atoms with Crippen molar-refractivity contribution >= 4 is 39.2 Å². The van der Waals surface area contributed by atoms with Gasteiger partial charge in [-0.15, -0.1) is 0 Å². The van der Waals surface area contributed by atoms with Crippen molar-refractivity contribution in [3.05, 3.63) is 42.0 Å². The molecule has 0 bridgehead atoms. The molecule has 2 saturated heterocycles. The average molecular weight is 467 g/mol. The third-order valence-corrected chi connectivity index (χ3v) is 6.84. The lowest BCUT2D eigenvalue weighted by atomic mass is 9.89. The van der Waals surface area contributed by atoms with Crippen molar-refractivity contribution in [2.75, 3.05) is 43.1 Å². The number of anilines is 2. The first-order valence-corrected chi connectivity index (χ1v) is 11.7. The normalized spacial score (nSPS) is 22.4. The molecular formula is C25H28F2N6O. The maximum atomic E-state index is 14.3. The van der Waals surface area contributed by atoms with Gasteiger partial charge in [0.05, 0.1) is 24.2 Å². The minimum atomic E-state index is -0.882. The van der Waals surface area contributed by atoms with Gasteiger partial charge >= 0.3 is 0 Å². The van der Waals surface area contributed by atoms with E-state index in [9.17, 15) is 8.78 Å². The van der Waals surface area contributed by atoms with Gasteiger partial charge in [0.2, 0.25) is 0 Å².